The van der Waals surface area contributed by atoms with E-state index < -0.39 is 18.3 Å². The SMILES string of the molecule is COc1ccc(C(N)COC(C)C(F)(F)F)c(OC)c1. The van der Waals surface area contributed by atoms with Crippen LogP contribution in [0.1, 0.15) is 18.5 Å². The Morgan fingerprint density at radius 3 is 2.35 bits per heavy atom. The Hall–Kier alpha value is -1.47. The first kappa shape index (κ1) is 16.6. The third-order valence-electron chi connectivity index (χ3n) is 2.83. The molecule has 0 saturated carbocycles. The maximum absolute atomic E-state index is 12.3. The van der Waals surface area contributed by atoms with Gasteiger partial charge in [-0.2, -0.15) is 13.2 Å². The Morgan fingerprint density at radius 1 is 1.20 bits per heavy atom. The molecule has 4 nitrogen and oxygen atoms in total. The van der Waals surface area contributed by atoms with E-state index in [0.29, 0.717) is 17.1 Å². The number of alkyl halides is 3. The van der Waals surface area contributed by atoms with Crippen molar-refractivity contribution in [1.82, 2.24) is 0 Å². The minimum Gasteiger partial charge on any atom is -0.497 e. The number of hydrogen-bond acceptors (Lipinski definition) is 4. The second kappa shape index (κ2) is 6.81. The van der Waals surface area contributed by atoms with E-state index >= 15 is 0 Å². The van der Waals surface area contributed by atoms with Crippen LogP contribution in [-0.4, -0.2) is 33.1 Å². The zero-order valence-corrected chi connectivity index (χ0v) is 11.5. The summed E-state index contributed by atoms with van der Waals surface area (Å²) in [5, 5.41) is 0. The number of benzene rings is 1. The molecule has 0 aliphatic heterocycles. The summed E-state index contributed by atoms with van der Waals surface area (Å²) in [5.41, 5.74) is 6.40. The van der Waals surface area contributed by atoms with Crippen molar-refractivity contribution < 1.29 is 27.4 Å². The first-order valence-electron chi connectivity index (χ1n) is 5.95. The maximum Gasteiger partial charge on any atom is 0.414 e. The third-order valence-corrected chi connectivity index (χ3v) is 2.83. The largest absolute Gasteiger partial charge is 0.497 e. The summed E-state index contributed by atoms with van der Waals surface area (Å²) < 4.78 is 51.9. The minimum absolute atomic E-state index is 0.261. The molecule has 0 aliphatic carbocycles. The standard InChI is InChI=1S/C13H18F3NO3/c1-8(13(14,15)16)20-7-11(17)10-5-4-9(18-2)6-12(10)19-3/h4-6,8,11H,7,17H2,1-3H3. The second-order valence-electron chi connectivity index (χ2n) is 4.23. The summed E-state index contributed by atoms with van der Waals surface area (Å²) in [6.07, 6.45) is -6.26. The Labute approximate surface area is 115 Å². The number of nitrogens with two attached hydrogens (primary N) is 1. The van der Waals surface area contributed by atoms with Crippen LogP contribution in [0.4, 0.5) is 13.2 Å². The normalized spacial score (nSPS) is 14.8. The lowest BCUT2D eigenvalue weighted by Gasteiger charge is -2.21. The predicted molar refractivity (Wildman–Crippen MR) is 67.9 cm³/mol. The van der Waals surface area contributed by atoms with Crippen LogP contribution in [-0.2, 0) is 4.74 Å². The molecule has 2 N–H and O–H groups in total. The van der Waals surface area contributed by atoms with Crippen molar-refractivity contribution in [3.8, 4) is 11.5 Å². The van der Waals surface area contributed by atoms with Crippen molar-refractivity contribution in [2.24, 2.45) is 5.73 Å². The first-order valence-corrected chi connectivity index (χ1v) is 5.95. The van der Waals surface area contributed by atoms with Gasteiger partial charge in [0.2, 0.25) is 0 Å². The minimum atomic E-state index is -4.40. The van der Waals surface area contributed by atoms with Gasteiger partial charge in [0.1, 0.15) is 11.5 Å². The summed E-state index contributed by atoms with van der Waals surface area (Å²) in [4.78, 5) is 0. The highest BCUT2D eigenvalue weighted by Crippen LogP contribution is 2.29. The van der Waals surface area contributed by atoms with E-state index in [2.05, 4.69) is 0 Å². The smallest absolute Gasteiger partial charge is 0.414 e. The Balaban J connectivity index is 2.75. The molecule has 0 aromatic heterocycles. The molecule has 0 spiro atoms. The molecule has 7 heteroatoms. The molecule has 0 aliphatic rings. The van der Waals surface area contributed by atoms with Crippen LogP contribution in [0.25, 0.3) is 0 Å². The second-order valence-corrected chi connectivity index (χ2v) is 4.23. The molecule has 1 aromatic carbocycles. The van der Waals surface area contributed by atoms with Gasteiger partial charge in [-0.1, -0.05) is 0 Å². The summed E-state index contributed by atoms with van der Waals surface area (Å²) in [5.74, 6) is 1.02. The number of ether oxygens (including phenoxy) is 3. The monoisotopic (exact) mass is 293 g/mol. The Kier molecular flexibility index (Phi) is 5.64. The number of methoxy groups -OCH3 is 2. The van der Waals surface area contributed by atoms with Crippen molar-refractivity contribution in [3.63, 3.8) is 0 Å². The van der Waals surface area contributed by atoms with Crippen molar-refractivity contribution >= 4 is 0 Å². The topological polar surface area (TPSA) is 53.7 Å². The van der Waals surface area contributed by atoms with Crippen LogP contribution in [0.2, 0.25) is 0 Å². The quantitative estimate of drug-likeness (QED) is 0.876. The zero-order valence-electron chi connectivity index (χ0n) is 11.5. The molecular weight excluding hydrogens is 275 g/mol. The lowest BCUT2D eigenvalue weighted by Crippen LogP contribution is -2.31. The molecule has 1 aromatic rings. The van der Waals surface area contributed by atoms with Gasteiger partial charge in [-0.05, 0) is 19.1 Å². The highest BCUT2D eigenvalue weighted by atomic mass is 19.4. The van der Waals surface area contributed by atoms with E-state index in [0.717, 1.165) is 6.92 Å². The van der Waals surface area contributed by atoms with E-state index in [4.69, 9.17) is 19.9 Å². The molecule has 114 valence electrons. The summed E-state index contributed by atoms with van der Waals surface area (Å²) in [7, 11) is 2.95. The van der Waals surface area contributed by atoms with Crippen molar-refractivity contribution in [2.75, 3.05) is 20.8 Å². The molecule has 0 radical (unpaired) electrons. The van der Waals surface area contributed by atoms with E-state index in [1.807, 2.05) is 0 Å². The first-order chi connectivity index (χ1) is 9.29. The Morgan fingerprint density at radius 2 is 1.85 bits per heavy atom. The van der Waals surface area contributed by atoms with Gasteiger partial charge in [-0.3, -0.25) is 0 Å². The molecule has 0 fully saturated rings. The van der Waals surface area contributed by atoms with Gasteiger partial charge in [0.05, 0.1) is 26.9 Å². The molecule has 0 amide bonds. The molecule has 0 bridgehead atoms. The highest BCUT2D eigenvalue weighted by Gasteiger charge is 2.37. The highest BCUT2D eigenvalue weighted by molar-refractivity contribution is 5.42. The zero-order chi connectivity index (χ0) is 15.3. The van der Waals surface area contributed by atoms with E-state index in [1.165, 1.54) is 14.2 Å². The summed E-state index contributed by atoms with van der Waals surface area (Å²) in [6, 6.07) is 4.19. The Bertz CT molecular complexity index is 437. The van der Waals surface area contributed by atoms with E-state index in [-0.39, 0.29) is 6.61 Å². The lowest BCUT2D eigenvalue weighted by molar-refractivity contribution is -0.215. The van der Waals surface area contributed by atoms with Crippen molar-refractivity contribution in [1.29, 1.82) is 0 Å². The molecule has 2 atom stereocenters. The van der Waals surface area contributed by atoms with Gasteiger partial charge in [0.15, 0.2) is 6.10 Å². The van der Waals surface area contributed by atoms with Gasteiger partial charge in [0.25, 0.3) is 0 Å². The molecule has 0 saturated heterocycles. The van der Waals surface area contributed by atoms with Gasteiger partial charge < -0.3 is 19.9 Å². The van der Waals surface area contributed by atoms with E-state index in [9.17, 15) is 13.2 Å². The predicted octanol–water partition coefficient (Wildman–Crippen LogP) is 2.67. The van der Waals surface area contributed by atoms with Crippen LogP contribution >= 0.6 is 0 Å². The number of halogens is 3. The molecule has 20 heavy (non-hydrogen) atoms. The fourth-order valence-electron chi connectivity index (χ4n) is 1.56. The third kappa shape index (κ3) is 4.28. The average Bonchev–Trinajstić information content (AvgIpc) is 2.42. The number of hydrogen-bond donors (Lipinski definition) is 1. The van der Waals surface area contributed by atoms with Gasteiger partial charge in [-0.25, -0.2) is 0 Å². The maximum atomic E-state index is 12.3. The average molecular weight is 293 g/mol. The molecular formula is C13H18F3NO3. The van der Waals surface area contributed by atoms with Crippen LogP contribution in [0.15, 0.2) is 18.2 Å². The lowest BCUT2D eigenvalue weighted by atomic mass is 10.1. The molecule has 1 rings (SSSR count). The van der Waals surface area contributed by atoms with Crippen LogP contribution in [0, 0.1) is 0 Å². The fourth-order valence-corrected chi connectivity index (χ4v) is 1.56. The van der Waals surface area contributed by atoms with Crippen molar-refractivity contribution in [3.05, 3.63) is 23.8 Å². The van der Waals surface area contributed by atoms with Crippen LogP contribution in [0.5, 0.6) is 11.5 Å². The van der Waals surface area contributed by atoms with Gasteiger partial charge in [-0.15, -0.1) is 0 Å². The molecule has 0 heterocycles. The van der Waals surface area contributed by atoms with Crippen LogP contribution in [0.3, 0.4) is 0 Å². The number of rotatable bonds is 6. The summed E-state index contributed by atoms with van der Waals surface area (Å²) in [6.45, 7) is 0.682. The molecule has 2 unspecified atom stereocenters. The fraction of sp³-hybridized carbons (Fsp3) is 0.538. The van der Waals surface area contributed by atoms with Gasteiger partial charge >= 0.3 is 6.18 Å². The van der Waals surface area contributed by atoms with Gasteiger partial charge in [0, 0.05) is 11.6 Å². The van der Waals surface area contributed by atoms with Crippen molar-refractivity contribution in [2.45, 2.75) is 25.2 Å². The van der Waals surface area contributed by atoms with E-state index in [1.54, 1.807) is 18.2 Å². The van der Waals surface area contributed by atoms with Crippen LogP contribution < -0.4 is 15.2 Å². The summed E-state index contributed by atoms with van der Waals surface area (Å²) >= 11 is 0.